The van der Waals surface area contributed by atoms with Crippen LogP contribution in [0.5, 0.6) is 0 Å². The summed E-state index contributed by atoms with van der Waals surface area (Å²) < 4.78 is 0. The Kier molecular flexibility index (Phi) is 4.82. The van der Waals surface area contributed by atoms with Crippen molar-refractivity contribution in [2.24, 2.45) is 0 Å². The van der Waals surface area contributed by atoms with Crippen molar-refractivity contribution in [1.29, 1.82) is 0 Å². The van der Waals surface area contributed by atoms with E-state index in [0.717, 1.165) is 17.7 Å². The maximum Gasteiger partial charge on any atom is 0.341 e. The first kappa shape index (κ1) is 13.9. The van der Waals surface area contributed by atoms with E-state index < -0.39 is 5.97 Å². The molecule has 2 nitrogen and oxygen atoms in total. The van der Waals surface area contributed by atoms with E-state index in [-0.39, 0.29) is 4.91 Å². The van der Waals surface area contributed by atoms with Gasteiger partial charge in [-0.15, -0.1) is 24.0 Å². The van der Waals surface area contributed by atoms with Crippen LogP contribution in [0.25, 0.3) is 6.08 Å². The van der Waals surface area contributed by atoms with Gasteiger partial charge in [0.15, 0.2) is 0 Å². The van der Waals surface area contributed by atoms with Crippen LogP contribution in [0, 0.1) is 0 Å². The molecule has 0 radical (unpaired) electrons. The highest BCUT2D eigenvalue weighted by atomic mass is 32.1. The van der Waals surface area contributed by atoms with Crippen molar-refractivity contribution in [3.63, 3.8) is 0 Å². The zero-order valence-corrected chi connectivity index (χ0v) is 12.0. The summed E-state index contributed by atoms with van der Waals surface area (Å²) in [5.41, 5.74) is 2.54. The van der Waals surface area contributed by atoms with Gasteiger partial charge in [-0.3, -0.25) is 0 Å². The minimum Gasteiger partial charge on any atom is -0.477 e. The Morgan fingerprint density at radius 1 is 1.21 bits per heavy atom. The molecule has 0 aliphatic heterocycles. The molecule has 1 N–H and O–H groups in total. The fourth-order valence-electron chi connectivity index (χ4n) is 1.73. The van der Waals surface area contributed by atoms with E-state index in [9.17, 15) is 4.79 Å². The third kappa shape index (κ3) is 4.26. The molecule has 0 saturated heterocycles. The SMILES string of the molecule is O=C(O)/C(S)=C/c1cc(CCc2ccccc2)cs1. The van der Waals surface area contributed by atoms with Crippen LogP contribution in [-0.4, -0.2) is 11.1 Å². The molecule has 1 heterocycles. The Labute approximate surface area is 121 Å². The molecule has 0 unspecified atom stereocenters. The summed E-state index contributed by atoms with van der Waals surface area (Å²) in [4.78, 5) is 11.7. The summed E-state index contributed by atoms with van der Waals surface area (Å²) >= 11 is 5.47. The second kappa shape index (κ2) is 6.59. The Morgan fingerprint density at radius 3 is 2.58 bits per heavy atom. The second-order valence-corrected chi connectivity index (χ2v) is 5.60. The van der Waals surface area contributed by atoms with Crippen molar-refractivity contribution >= 4 is 36.0 Å². The first-order valence-electron chi connectivity index (χ1n) is 5.90. The number of thiol groups is 1. The highest BCUT2D eigenvalue weighted by Crippen LogP contribution is 2.20. The topological polar surface area (TPSA) is 37.3 Å². The van der Waals surface area contributed by atoms with Crippen molar-refractivity contribution in [3.8, 4) is 0 Å². The summed E-state index contributed by atoms with van der Waals surface area (Å²) in [5, 5.41) is 10.8. The largest absolute Gasteiger partial charge is 0.477 e. The van der Waals surface area contributed by atoms with Crippen molar-refractivity contribution < 1.29 is 9.90 Å². The van der Waals surface area contributed by atoms with Crippen LogP contribution in [0.15, 0.2) is 46.7 Å². The highest BCUT2D eigenvalue weighted by Gasteiger charge is 2.03. The molecule has 1 aromatic heterocycles. The van der Waals surface area contributed by atoms with E-state index in [4.69, 9.17) is 5.11 Å². The molecule has 0 aliphatic rings. The summed E-state index contributed by atoms with van der Waals surface area (Å²) in [6.07, 6.45) is 3.54. The highest BCUT2D eigenvalue weighted by molar-refractivity contribution is 7.85. The molecule has 2 rings (SSSR count). The van der Waals surface area contributed by atoms with Crippen LogP contribution in [0.2, 0.25) is 0 Å². The average Bonchev–Trinajstić information content (AvgIpc) is 2.85. The maximum atomic E-state index is 10.7. The fourth-order valence-corrected chi connectivity index (χ4v) is 2.84. The van der Waals surface area contributed by atoms with Crippen LogP contribution in [0.3, 0.4) is 0 Å². The predicted molar refractivity (Wildman–Crippen MR) is 82.8 cm³/mol. The number of carboxylic acid groups (broad SMARTS) is 1. The number of carboxylic acids is 1. The van der Waals surface area contributed by atoms with Gasteiger partial charge < -0.3 is 5.11 Å². The van der Waals surface area contributed by atoms with Crippen LogP contribution in [0.1, 0.15) is 16.0 Å². The van der Waals surface area contributed by atoms with E-state index in [1.165, 1.54) is 11.1 Å². The van der Waals surface area contributed by atoms with Gasteiger partial charge in [0, 0.05) is 4.88 Å². The van der Waals surface area contributed by atoms with Gasteiger partial charge in [0.2, 0.25) is 0 Å². The minimum atomic E-state index is -0.998. The molecule has 0 aliphatic carbocycles. The van der Waals surface area contributed by atoms with Gasteiger partial charge in [0.1, 0.15) is 0 Å². The average molecular weight is 290 g/mol. The standard InChI is InChI=1S/C15H14O2S2/c16-15(17)14(18)9-13-8-12(10-19-13)7-6-11-4-2-1-3-5-11/h1-5,8-10,18H,6-7H2,(H,16,17)/b14-9-. The maximum absolute atomic E-state index is 10.7. The van der Waals surface area contributed by atoms with Crippen LogP contribution >= 0.6 is 24.0 Å². The molecule has 0 bridgehead atoms. The number of hydrogen-bond acceptors (Lipinski definition) is 3. The predicted octanol–water partition coefficient (Wildman–Crippen LogP) is 3.89. The molecule has 0 amide bonds. The second-order valence-electron chi connectivity index (χ2n) is 4.18. The van der Waals surface area contributed by atoms with E-state index in [2.05, 4.69) is 30.1 Å². The minimum absolute atomic E-state index is 0.0662. The number of rotatable bonds is 5. The Hall–Kier alpha value is -1.52. The molecule has 98 valence electrons. The number of thiophene rings is 1. The van der Waals surface area contributed by atoms with Crippen LogP contribution < -0.4 is 0 Å². The normalized spacial score (nSPS) is 11.5. The molecular weight excluding hydrogens is 276 g/mol. The van der Waals surface area contributed by atoms with Gasteiger partial charge in [0.25, 0.3) is 0 Å². The van der Waals surface area contributed by atoms with Gasteiger partial charge in [-0.25, -0.2) is 4.79 Å². The van der Waals surface area contributed by atoms with Gasteiger partial charge in [0.05, 0.1) is 4.91 Å². The monoisotopic (exact) mass is 290 g/mol. The van der Waals surface area contributed by atoms with Gasteiger partial charge >= 0.3 is 5.97 Å². The van der Waals surface area contributed by atoms with Gasteiger partial charge in [-0.2, -0.15) is 0 Å². The number of hydrogen-bond donors (Lipinski definition) is 2. The lowest BCUT2D eigenvalue weighted by Gasteiger charge is -1.98. The lowest BCUT2D eigenvalue weighted by molar-refractivity contribution is -0.131. The molecular formula is C15H14O2S2. The van der Waals surface area contributed by atoms with Crippen molar-refractivity contribution in [2.75, 3.05) is 0 Å². The first-order chi connectivity index (χ1) is 9.15. The molecule has 0 saturated carbocycles. The van der Waals surface area contributed by atoms with E-state index in [0.29, 0.717) is 0 Å². The fraction of sp³-hybridized carbons (Fsp3) is 0.133. The zero-order valence-electron chi connectivity index (χ0n) is 10.2. The van der Waals surface area contributed by atoms with Crippen molar-refractivity contribution in [3.05, 3.63) is 62.7 Å². The lowest BCUT2D eigenvalue weighted by Crippen LogP contribution is -1.92. The number of aliphatic carboxylic acids is 1. The molecule has 1 aromatic carbocycles. The number of benzene rings is 1. The Bertz CT molecular complexity index is 585. The van der Waals surface area contributed by atoms with Crippen molar-refractivity contribution in [2.45, 2.75) is 12.8 Å². The number of aryl methyl sites for hydroxylation is 2. The molecule has 0 spiro atoms. The first-order valence-corrected chi connectivity index (χ1v) is 7.23. The number of carbonyl (C=O) groups is 1. The quantitative estimate of drug-likeness (QED) is 0.647. The molecule has 0 atom stereocenters. The zero-order chi connectivity index (χ0) is 13.7. The molecule has 2 aromatic rings. The molecule has 4 heteroatoms. The summed E-state index contributed by atoms with van der Waals surface area (Å²) in [6, 6.07) is 12.3. The lowest BCUT2D eigenvalue weighted by atomic mass is 10.1. The van der Waals surface area contributed by atoms with Crippen LogP contribution in [0.4, 0.5) is 0 Å². The third-order valence-corrected chi connectivity index (χ3v) is 3.97. The summed E-state index contributed by atoms with van der Waals surface area (Å²) in [5.74, 6) is -0.998. The Balaban J connectivity index is 1.98. The Morgan fingerprint density at radius 2 is 1.89 bits per heavy atom. The van der Waals surface area contributed by atoms with Gasteiger partial charge in [-0.1, -0.05) is 30.3 Å². The molecule has 19 heavy (non-hydrogen) atoms. The van der Waals surface area contributed by atoms with E-state index >= 15 is 0 Å². The summed E-state index contributed by atoms with van der Waals surface area (Å²) in [6.45, 7) is 0. The van der Waals surface area contributed by atoms with Crippen LogP contribution in [-0.2, 0) is 17.6 Å². The molecule has 0 fully saturated rings. The summed E-state index contributed by atoms with van der Waals surface area (Å²) in [7, 11) is 0. The van der Waals surface area contributed by atoms with Crippen molar-refractivity contribution in [1.82, 2.24) is 0 Å². The van der Waals surface area contributed by atoms with E-state index in [1.807, 2.05) is 24.3 Å². The van der Waals surface area contributed by atoms with Gasteiger partial charge in [-0.05, 0) is 41.5 Å². The van der Waals surface area contributed by atoms with E-state index in [1.54, 1.807) is 17.4 Å². The smallest absolute Gasteiger partial charge is 0.341 e. The third-order valence-electron chi connectivity index (χ3n) is 2.72.